The number of anilines is 1. The molecule has 1 atom stereocenters. The zero-order valence-corrected chi connectivity index (χ0v) is 18.7. The van der Waals surface area contributed by atoms with Gasteiger partial charge in [-0.2, -0.15) is 5.10 Å². The number of benzene rings is 2. The van der Waals surface area contributed by atoms with Crippen molar-refractivity contribution in [3.8, 4) is 0 Å². The molecule has 162 valence electrons. The topological polar surface area (TPSA) is 72.2 Å². The highest BCUT2D eigenvalue weighted by Crippen LogP contribution is 2.37. The van der Waals surface area contributed by atoms with Crippen LogP contribution in [0.15, 0.2) is 72.0 Å². The summed E-state index contributed by atoms with van der Waals surface area (Å²) in [6, 6.07) is 15.5. The fraction of sp³-hybridized carbons (Fsp3) is 0.208. The van der Waals surface area contributed by atoms with Gasteiger partial charge in [0.2, 0.25) is 5.91 Å². The molecule has 2 aromatic heterocycles. The summed E-state index contributed by atoms with van der Waals surface area (Å²) in [7, 11) is 3.77. The summed E-state index contributed by atoms with van der Waals surface area (Å²) in [5.74, 6) is 0.0417. The van der Waals surface area contributed by atoms with Gasteiger partial charge in [-0.3, -0.25) is 14.3 Å². The van der Waals surface area contributed by atoms with Gasteiger partial charge in [-0.15, -0.1) is 11.8 Å². The van der Waals surface area contributed by atoms with Crippen LogP contribution in [0.25, 0.3) is 10.9 Å². The van der Waals surface area contributed by atoms with E-state index in [9.17, 15) is 9.59 Å². The van der Waals surface area contributed by atoms with Crippen LogP contribution in [-0.4, -0.2) is 45.0 Å². The first-order chi connectivity index (χ1) is 15.5. The molecule has 0 fully saturated rings. The lowest BCUT2D eigenvalue weighted by Crippen LogP contribution is -2.48. The van der Waals surface area contributed by atoms with Gasteiger partial charge in [0.25, 0.3) is 5.91 Å². The molecule has 4 aromatic rings. The molecule has 0 saturated carbocycles. The van der Waals surface area contributed by atoms with E-state index in [4.69, 9.17) is 0 Å². The zero-order valence-electron chi connectivity index (χ0n) is 17.9. The van der Waals surface area contributed by atoms with Crippen molar-refractivity contribution in [2.45, 2.75) is 17.5 Å². The van der Waals surface area contributed by atoms with E-state index in [1.807, 2.05) is 55.7 Å². The number of aryl methyl sites for hydroxylation is 1. The number of carbonyl (C=O) groups excluding carboxylic acids is 2. The molecule has 0 aliphatic carbocycles. The number of rotatable bonds is 4. The molecule has 2 amide bonds. The van der Waals surface area contributed by atoms with Crippen molar-refractivity contribution in [2.75, 3.05) is 17.7 Å². The first kappa shape index (κ1) is 20.4. The van der Waals surface area contributed by atoms with Gasteiger partial charge in [-0.25, -0.2) is 0 Å². The number of thioether (sulfide) groups is 1. The highest BCUT2D eigenvalue weighted by atomic mass is 32.2. The van der Waals surface area contributed by atoms with Crippen LogP contribution in [0.3, 0.4) is 0 Å². The number of amides is 2. The lowest BCUT2D eigenvalue weighted by molar-refractivity contribution is -0.119. The molecule has 0 bridgehead atoms. The molecule has 0 spiro atoms. The van der Waals surface area contributed by atoms with Gasteiger partial charge in [0.1, 0.15) is 6.04 Å². The van der Waals surface area contributed by atoms with Crippen LogP contribution < -0.4 is 10.2 Å². The quantitative estimate of drug-likeness (QED) is 0.523. The van der Waals surface area contributed by atoms with Gasteiger partial charge in [-0.1, -0.05) is 30.3 Å². The van der Waals surface area contributed by atoms with Gasteiger partial charge >= 0.3 is 0 Å². The first-order valence-corrected chi connectivity index (χ1v) is 11.3. The predicted molar refractivity (Wildman–Crippen MR) is 126 cm³/mol. The molecule has 1 aliphatic rings. The minimum Gasteiger partial charge on any atom is -0.351 e. The third kappa shape index (κ3) is 3.78. The molecule has 3 heterocycles. The van der Waals surface area contributed by atoms with Crippen LogP contribution in [0, 0.1) is 0 Å². The summed E-state index contributed by atoms with van der Waals surface area (Å²) < 4.78 is 3.79. The fourth-order valence-corrected chi connectivity index (χ4v) is 5.05. The number of fused-ring (bicyclic) bond motifs is 2. The second kappa shape index (κ2) is 8.20. The van der Waals surface area contributed by atoms with Crippen LogP contribution in [0.5, 0.6) is 0 Å². The lowest BCUT2D eigenvalue weighted by Gasteiger charge is -2.21. The summed E-state index contributed by atoms with van der Waals surface area (Å²) in [5, 5.41) is 8.28. The summed E-state index contributed by atoms with van der Waals surface area (Å²) in [6.45, 7) is 0.581. The van der Waals surface area contributed by atoms with E-state index in [1.54, 1.807) is 34.6 Å². The van der Waals surface area contributed by atoms with Crippen molar-refractivity contribution in [3.05, 3.63) is 78.2 Å². The van der Waals surface area contributed by atoms with E-state index < -0.39 is 6.04 Å². The molecule has 2 aromatic carbocycles. The summed E-state index contributed by atoms with van der Waals surface area (Å²) in [6.07, 6.45) is 5.26. The monoisotopic (exact) mass is 445 g/mol. The normalized spacial score (nSPS) is 16.1. The molecule has 7 nitrogen and oxygen atoms in total. The van der Waals surface area contributed by atoms with E-state index >= 15 is 0 Å². The number of carbonyl (C=O) groups is 2. The van der Waals surface area contributed by atoms with Crippen LogP contribution in [-0.2, 0) is 18.4 Å². The Morgan fingerprint density at radius 1 is 1.19 bits per heavy atom. The fourth-order valence-electron chi connectivity index (χ4n) is 3.94. The Morgan fingerprint density at radius 3 is 2.81 bits per heavy atom. The van der Waals surface area contributed by atoms with Crippen LogP contribution in [0.2, 0.25) is 0 Å². The maximum atomic E-state index is 13.1. The average molecular weight is 446 g/mol. The molecule has 1 N–H and O–H groups in total. The highest BCUT2D eigenvalue weighted by Gasteiger charge is 2.30. The Kier molecular flexibility index (Phi) is 5.22. The van der Waals surface area contributed by atoms with Gasteiger partial charge < -0.3 is 14.8 Å². The van der Waals surface area contributed by atoms with E-state index in [0.29, 0.717) is 17.9 Å². The van der Waals surface area contributed by atoms with Crippen molar-refractivity contribution in [1.82, 2.24) is 19.7 Å². The van der Waals surface area contributed by atoms with Crippen molar-refractivity contribution < 1.29 is 9.59 Å². The van der Waals surface area contributed by atoms with Crippen LogP contribution in [0.4, 0.5) is 5.69 Å². The molecule has 0 unspecified atom stereocenters. The first-order valence-electron chi connectivity index (χ1n) is 10.4. The van der Waals surface area contributed by atoms with Crippen LogP contribution in [0.1, 0.15) is 15.9 Å². The van der Waals surface area contributed by atoms with Crippen molar-refractivity contribution in [1.29, 1.82) is 0 Å². The van der Waals surface area contributed by atoms with E-state index in [2.05, 4.69) is 21.0 Å². The maximum absolute atomic E-state index is 13.1. The summed E-state index contributed by atoms with van der Waals surface area (Å²) >= 11 is 1.58. The summed E-state index contributed by atoms with van der Waals surface area (Å²) in [5.41, 5.74) is 3.52. The predicted octanol–water partition coefficient (Wildman–Crippen LogP) is 3.29. The molecule has 0 saturated heterocycles. The van der Waals surface area contributed by atoms with Crippen LogP contribution >= 0.6 is 11.8 Å². The van der Waals surface area contributed by atoms with Crippen molar-refractivity contribution >= 4 is 40.2 Å². The zero-order chi connectivity index (χ0) is 22.2. The number of aromatic nitrogens is 3. The van der Waals surface area contributed by atoms with Gasteiger partial charge in [-0.05, 0) is 23.8 Å². The summed E-state index contributed by atoms with van der Waals surface area (Å²) in [4.78, 5) is 28.7. The average Bonchev–Trinajstić information content (AvgIpc) is 3.39. The number of nitrogens with one attached hydrogen (secondary N) is 1. The molecule has 32 heavy (non-hydrogen) atoms. The smallest absolute Gasteiger partial charge is 0.255 e. The Morgan fingerprint density at radius 2 is 2.00 bits per heavy atom. The number of nitrogens with zero attached hydrogens (tertiary/aromatic N) is 4. The Bertz CT molecular complexity index is 1310. The molecule has 0 radical (unpaired) electrons. The molecular weight excluding hydrogens is 422 g/mol. The molecule has 5 rings (SSSR count). The SMILES string of the molecule is CN1C(=O)[C@@H](NC(=O)c2cnn(Cc3ccccc3)c2)CSc2cc3c(ccn3C)cc21. The highest BCUT2D eigenvalue weighted by molar-refractivity contribution is 7.99. The van der Waals surface area contributed by atoms with E-state index in [1.165, 1.54) is 6.20 Å². The third-order valence-corrected chi connectivity index (χ3v) is 6.89. The third-order valence-electron chi connectivity index (χ3n) is 5.75. The van der Waals surface area contributed by atoms with Gasteiger partial charge in [0, 0.05) is 48.0 Å². The molecule has 8 heteroatoms. The Hall–Kier alpha value is -3.52. The second-order valence-electron chi connectivity index (χ2n) is 7.95. The molecular formula is C24H23N5O2S. The maximum Gasteiger partial charge on any atom is 0.255 e. The minimum absolute atomic E-state index is 0.128. The number of hydrogen-bond donors (Lipinski definition) is 1. The Labute approximate surface area is 190 Å². The van der Waals surface area contributed by atoms with Crippen molar-refractivity contribution in [3.63, 3.8) is 0 Å². The minimum atomic E-state index is -0.620. The molecule has 1 aliphatic heterocycles. The van der Waals surface area contributed by atoms with Crippen molar-refractivity contribution in [2.24, 2.45) is 7.05 Å². The van der Waals surface area contributed by atoms with E-state index in [-0.39, 0.29) is 11.8 Å². The van der Waals surface area contributed by atoms with Gasteiger partial charge in [0.15, 0.2) is 0 Å². The largest absolute Gasteiger partial charge is 0.351 e. The second-order valence-corrected chi connectivity index (χ2v) is 9.01. The van der Waals surface area contributed by atoms with Gasteiger partial charge in [0.05, 0.1) is 24.0 Å². The standard InChI is InChI=1S/C24H23N5O2S/c1-27-9-8-17-10-21-22(11-20(17)27)32-15-19(24(31)28(21)2)26-23(30)18-12-25-29(14-18)13-16-6-4-3-5-7-16/h3-12,14,19H,13,15H2,1-2H3,(H,26,30)/t19-/m0/s1. The lowest BCUT2D eigenvalue weighted by atomic mass is 10.2. The van der Waals surface area contributed by atoms with E-state index in [0.717, 1.165) is 27.0 Å². The number of hydrogen-bond acceptors (Lipinski definition) is 4. The number of likely N-dealkylation sites (N-methyl/N-ethyl adjacent to an activating group) is 1. The Balaban J connectivity index is 1.32.